The van der Waals surface area contributed by atoms with Gasteiger partial charge in [-0.05, 0) is 61.1 Å². The van der Waals surface area contributed by atoms with Crippen LogP contribution in [0.25, 0.3) is 5.70 Å². The summed E-state index contributed by atoms with van der Waals surface area (Å²) in [6.07, 6.45) is 15.8. The number of fused-ring (bicyclic) bond motifs is 1. The first-order valence-electron chi connectivity index (χ1n) is 11.4. The smallest absolute Gasteiger partial charge is 0.115 e. The molecule has 1 aromatic rings. The number of aromatic hydroxyl groups is 1. The van der Waals surface area contributed by atoms with Crippen molar-refractivity contribution in [3.8, 4) is 5.75 Å². The quantitative estimate of drug-likeness (QED) is 0.436. The highest BCUT2D eigenvalue weighted by Gasteiger charge is 2.20. The minimum absolute atomic E-state index is 0.330. The van der Waals surface area contributed by atoms with E-state index in [-0.39, 0.29) is 0 Å². The lowest BCUT2D eigenvalue weighted by Crippen LogP contribution is -2.21. The van der Waals surface area contributed by atoms with Gasteiger partial charge in [0, 0.05) is 42.2 Å². The van der Waals surface area contributed by atoms with Gasteiger partial charge in [-0.1, -0.05) is 75.8 Å². The van der Waals surface area contributed by atoms with Crippen molar-refractivity contribution in [3.63, 3.8) is 0 Å². The minimum atomic E-state index is 0.330. The Hall–Kier alpha value is -3.46. The summed E-state index contributed by atoms with van der Waals surface area (Å²) in [5, 5.41) is 12.5. The van der Waals surface area contributed by atoms with Gasteiger partial charge in [0.05, 0.1) is 0 Å². The number of allylic oxidation sites excluding steroid dienone is 11. The lowest BCUT2D eigenvalue weighted by molar-refractivity contribution is 0.471. The predicted molar refractivity (Wildman–Crippen MR) is 143 cm³/mol. The maximum atomic E-state index is 9.22. The van der Waals surface area contributed by atoms with Gasteiger partial charge in [-0.25, -0.2) is 0 Å². The van der Waals surface area contributed by atoms with Gasteiger partial charge in [-0.15, -0.1) is 0 Å². The van der Waals surface area contributed by atoms with Crippen molar-refractivity contribution in [1.29, 1.82) is 0 Å². The first-order chi connectivity index (χ1) is 15.7. The Labute approximate surface area is 200 Å². The van der Waals surface area contributed by atoms with E-state index in [0.717, 1.165) is 41.2 Å². The molecule has 0 bridgehead atoms. The number of hydrogen-bond donors (Lipinski definition) is 2. The molecule has 0 saturated heterocycles. The maximum Gasteiger partial charge on any atom is 0.115 e. The maximum absolute atomic E-state index is 9.22. The molecule has 174 valence electrons. The van der Waals surface area contributed by atoms with Crippen LogP contribution in [0.15, 0.2) is 110 Å². The number of benzene rings is 1. The van der Waals surface area contributed by atoms with Gasteiger partial charge in [-0.2, -0.15) is 0 Å². The highest BCUT2D eigenvalue weighted by atomic mass is 16.3. The van der Waals surface area contributed by atoms with E-state index in [2.05, 4.69) is 73.8 Å². The lowest BCUT2D eigenvalue weighted by Gasteiger charge is -2.25. The second kappa shape index (κ2) is 12.0. The van der Waals surface area contributed by atoms with Crippen molar-refractivity contribution in [2.24, 2.45) is 11.8 Å². The Balaban J connectivity index is 0.000000268. The van der Waals surface area contributed by atoms with E-state index in [9.17, 15) is 5.11 Å². The van der Waals surface area contributed by atoms with E-state index < -0.39 is 0 Å². The molecule has 3 heteroatoms. The van der Waals surface area contributed by atoms with E-state index in [1.807, 2.05) is 39.1 Å². The Morgan fingerprint density at radius 3 is 2.61 bits per heavy atom. The van der Waals surface area contributed by atoms with Crippen LogP contribution in [0.5, 0.6) is 5.75 Å². The number of phenols is 1. The second-order valence-electron chi connectivity index (χ2n) is 8.64. The number of rotatable bonds is 7. The molecule has 1 heterocycles. The molecule has 0 fully saturated rings. The number of hydrogen-bond acceptors (Lipinski definition) is 3. The summed E-state index contributed by atoms with van der Waals surface area (Å²) >= 11 is 0. The molecule has 1 aliphatic carbocycles. The average Bonchev–Trinajstić information content (AvgIpc) is 3.06. The van der Waals surface area contributed by atoms with Crippen LogP contribution in [0.4, 0.5) is 0 Å². The molecule has 2 aliphatic rings. The van der Waals surface area contributed by atoms with Gasteiger partial charge >= 0.3 is 0 Å². The number of nitrogens with one attached hydrogen (secondary N) is 1. The van der Waals surface area contributed by atoms with Crippen molar-refractivity contribution < 1.29 is 5.11 Å². The van der Waals surface area contributed by atoms with E-state index in [4.69, 9.17) is 0 Å². The minimum Gasteiger partial charge on any atom is -0.508 e. The highest BCUT2D eigenvalue weighted by Crippen LogP contribution is 2.32. The summed E-state index contributed by atoms with van der Waals surface area (Å²) < 4.78 is 0. The van der Waals surface area contributed by atoms with Gasteiger partial charge in [0.1, 0.15) is 5.75 Å². The molecule has 1 aromatic carbocycles. The van der Waals surface area contributed by atoms with E-state index in [1.165, 1.54) is 11.1 Å². The molecular formula is C30H38N2O. The number of nitrogens with zero attached hydrogens (tertiary/aromatic N) is 1. The molecule has 1 aliphatic heterocycles. The standard InChI is InChI=1S/C20H27N.C10H11NO/c1-7-9-19(10-8-2)20-13-11-18(12-14-20)16(5)17(6)21-15(3)4;1-7-10-4-3-9(12)5-8(10)6-11(7)2/h7-11,13-14,16,18,21H,1,3,6,12H2,2,4-5H3;3-5,12H,1,6H2,2H3/b10-8-,19-9+;. The fourth-order valence-corrected chi connectivity index (χ4v) is 3.97. The zero-order valence-electron chi connectivity index (χ0n) is 20.6. The van der Waals surface area contributed by atoms with Crippen molar-refractivity contribution >= 4 is 5.70 Å². The Bertz CT molecular complexity index is 1040. The molecule has 3 nitrogen and oxygen atoms in total. The van der Waals surface area contributed by atoms with Crippen LogP contribution in [-0.2, 0) is 6.54 Å². The summed E-state index contributed by atoms with van der Waals surface area (Å²) in [6, 6.07) is 5.41. The summed E-state index contributed by atoms with van der Waals surface area (Å²) in [7, 11) is 2.00. The Morgan fingerprint density at radius 2 is 2.03 bits per heavy atom. The second-order valence-corrected chi connectivity index (χ2v) is 8.64. The third-order valence-electron chi connectivity index (χ3n) is 5.94. The zero-order valence-corrected chi connectivity index (χ0v) is 20.6. The van der Waals surface area contributed by atoms with Crippen LogP contribution in [0, 0.1) is 11.8 Å². The summed E-state index contributed by atoms with van der Waals surface area (Å²) in [6.45, 7) is 22.8. The molecular weight excluding hydrogens is 404 g/mol. The summed E-state index contributed by atoms with van der Waals surface area (Å²) in [5.41, 5.74) is 7.77. The van der Waals surface area contributed by atoms with Crippen LogP contribution in [0.3, 0.4) is 0 Å². The van der Waals surface area contributed by atoms with Gasteiger partial charge in [-0.3, -0.25) is 0 Å². The van der Waals surface area contributed by atoms with Crippen LogP contribution in [-0.4, -0.2) is 17.1 Å². The average molecular weight is 443 g/mol. The first-order valence-corrected chi connectivity index (χ1v) is 11.4. The van der Waals surface area contributed by atoms with Crippen LogP contribution >= 0.6 is 0 Å². The fraction of sp³-hybridized carbons (Fsp3) is 0.267. The molecule has 3 rings (SSSR count). The Kier molecular flexibility index (Phi) is 9.35. The molecule has 33 heavy (non-hydrogen) atoms. The third kappa shape index (κ3) is 7.01. The van der Waals surface area contributed by atoms with Gasteiger partial charge in [0.25, 0.3) is 0 Å². The Morgan fingerprint density at radius 1 is 1.30 bits per heavy atom. The largest absolute Gasteiger partial charge is 0.508 e. The van der Waals surface area contributed by atoms with Gasteiger partial charge in [0.15, 0.2) is 0 Å². The molecule has 0 saturated carbocycles. The first kappa shape index (κ1) is 25.8. The van der Waals surface area contributed by atoms with Crippen molar-refractivity contribution in [3.05, 3.63) is 121 Å². The van der Waals surface area contributed by atoms with Crippen molar-refractivity contribution in [1.82, 2.24) is 10.2 Å². The van der Waals surface area contributed by atoms with E-state index >= 15 is 0 Å². The monoisotopic (exact) mass is 442 g/mol. The van der Waals surface area contributed by atoms with Gasteiger partial charge < -0.3 is 15.3 Å². The predicted octanol–water partition coefficient (Wildman–Crippen LogP) is 7.26. The molecule has 2 unspecified atom stereocenters. The van der Waals surface area contributed by atoms with Crippen LogP contribution in [0.2, 0.25) is 0 Å². The molecule has 2 N–H and O–H groups in total. The zero-order chi connectivity index (χ0) is 24.5. The van der Waals surface area contributed by atoms with Gasteiger partial charge in [0.2, 0.25) is 0 Å². The van der Waals surface area contributed by atoms with Crippen LogP contribution < -0.4 is 5.32 Å². The molecule has 0 amide bonds. The number of phenolic OH excluding ortho intramolecular Hbond substituents is 1. The molecule has 0 radical (unpaired) electrons. The van der Waals surface area contributed by atoms with E-state index in [0.29, 0.717) is 17.6 Å². The van der Waals surface area contributed by atoms with E-state index in [1.54, 1.807) is 12.1 Å². The molecule has 0 aromatic heterocycles. The molecule has 2 atom stereocenters. The third-order valence-corrected chi connectivity index (χ3v) is 5.94. The summed E-state index contributed by atoms with van der Waals surface area (Å²) in [5.74, 6) is 1.19. The SMILES string of the molecule is C=C/C=C(\C=C/C)C1=CCC(C(C)C(=C)NC(=C)C)C=C1.C=C1c2ccc(O)cc2CN1C. The highest BCUT2D eigenvalue weighted by molar-refractivity contribution is 5.69. The van der Waals surface area contributed by atoms with Crippen molar-refractivity contribution in [2.75, 3.05) is 7.05 Å². The fourth-order valence-electron chi connectivity index (χ4n) is 3.97. The lowest BCUT2D eigenvalue weighted by atomic mass is 9.83. The van der Waals surface area contributed by atoms with Crippen LogP contribution in [0.1, 0.15) is 38.3 Å². The summed E-state index contributed by atoms with van der Waals surface area (Å²) in [4.78, 5) is 2.07. The normalized spacial score (nSPS) is 18.2. The molecule has 0 spiro atoms. The van der Waals surface area contributed by atoms with Crippen molar-refractivity contribution in [2.45, 2.75) is 33.7 Å². The topological polar surface area (TPSA) is 35.5 Å².